The van der Waals surface area contributed by atoms with Crippen molar-refractivity contribution in [2.45, 2.75) is 6.42 Å². The van der Waals surface area contributed by atoms with E-state index in [2.05, 4.69) is 15.3 Å². The van der Waals surface area contributed by atoms with Crippen LogP contribution in [0, 0.1) is 23.5 Å². The Bertz CT molecular complexity index is 887. The Morgan fingerprint density at radius 1 is 1.00 bits per heavy atom. The fraction of sp³-hybridized carbons (Fsp3) is 0.368. The molecule has 7 nitrogen and oxygen atoms in total. The summed E-state index contributed by atoms with van der Waals surface area (Å²) in [5, 5.41) is 2.55. The molecule has 1 N–H and O–H groups in total. The number of benzene rings is 1. The fourth-order valence-electron chi connectivity index (χ4n) is 3.38. The van der Waals surface area contributed by atoms with Gasteiger partial charge in [-0.25, -0.2) is 18.7 Å². The number of halogens is 2. The van der Waals surface area contributed by atoms with Crippen LogP contribution in [0.4, 0.5) is 20.4 Å². The van der Waals surface area contributed by atoms with Crippen LogP contribution in [-0.4, -0.2) is 52.9 Å². The number of rotatable bonds is 4. The maximum atomic E-state index is 13.2. The highest BCUT2D eigenvalue weighted by Gasteiger charge is 2.49. The molecule has 2 aliphatic rings. The molecule has 0 spiro atoms. The Morgan fingerprint density at radius 3 is 2.39 bits per heavy atom. The Morgan fingerprint density at radius 2 is 1.71 bits per heavy atom. The topological polar surface area (TPSA) is 78.4 Å². The second-order valence-corrected chi connectivity index (χ2v) is 6.93. The second kappa shape index (κ2) is 7.49. The van der Waals surface area contributed by atoms with Crippen LogP contribution in [0.5, 0.6) is 0 Å². The summed E-state index contributed by atoms with van der Waals surface area (Å²) < 4.78 is 26.2. The van der Waals surface area contributed by atoms with Crippen LogP contribution in [0.1, 0.15) is 6.42 Å². The summed E-state index contributed by atoms with van der Waals surface area (Å²) in [6.07, 6.45) is 3.83. The van der Waals surface area contributed by atoms with Crippen molar-refractivity contribution in [3.8, 4) is 0 Å². The van der Waals surface area contributed by atoms with Gasteiger partial charge in [0.15, 0.2) is 11.6 Å². The average molecular weight is 387 g/mol. The Labute approximate surface area is 160 Å². The third-order valence-electron chi connectivity index (χ3n) is 5.06. The summed E-state index contributed by atoms with van der Waals surface area (Å²) >= 11 is 0. The van der Waals surface area contributed by atoms with Gasteiger partial charge >= 0.3 is 0 Å². The number of piperazine rings is 1. The lowest BCUT2D eigenvalue weighted by Crippen LogP contribution is -2.50. The monoisotopic (exact) mass is 387 g/mol. The molecule has 1 aromatic carbocycles. The molecule has 2 heterocycles. The molecule has 4 rings (SSSR count). The number of carbonyl (C=O) groups excluding carboxylic acids is 2. The van der Waals surface area contributed by atoms with Crippen LogP contribution in [0.2, 0.25) is 0 Å². The van der Waals surface area contributed by atoms with Crippen LogP contribution in [-0.2, 0) is 9.59 Å². The van der Waals surface area contributed by atoms with Gasteiger partial charge in [0, 0.05) is 50.3 Å². The molecule has 9 heteroatoms. The number of anilines is 2. The molecule has 1 aromatic heterocycles. The summed E-state index contributed by atoms with van der Waals surface area (Å²) in [6.45, 7) is 2.36. The first-order chi connectivity index (χ1) is 13.5. The van der Waals surface area contributed by atoms with E-state index in [1.54, 1.807) is 23.4 Å². The minimum Gasteiger partial charge on any atom is -0.339 e. The number of aromatic nitrogens is 2. The van der Waals surface area contributed by atoms with Crippen molar-refractivity contribution in [2.24, 2.45) is 11.8 Å². The Kier molecular flexibility index (Phi) is 4.89. The number of hydrogen-bond acceptors (Lipinski definition) is 5. The van der Waals surface area contributed by atoms with Crippen molar-refractivity contribution in [3.05, 3.63) is 48.3 Å². The third kappa shape index (κ3) is 3.78. The van der Waals surface area contributed by atoms with Gasteiger partial charge in [0.2, 0.25) is 17.8 Å². The van der Waals surface area contributed by atoms with Crippen molar-refractivity contribution in [3.63, 3.8) is 0 Å². The third-order valence-corrected chi connectivity index (χ3v) is 5.06. The predicted octanol–water partition coefficient (Wildman–Crippen LogP) is 1.68. The van der Waals surface area contributed by atoms with Gasteiger partial charge in [-0.15, -0.1) is 0 Å². The molecule has 2 unspecified atom stereocenters. The van der Waals surface area contributed by atoms with Gasteiger partial charge in [0.05, 0.1) is 11.8 Å². The van der Waals surface area contributed by atoms with Gasteiger partial charge in [-0.3, -0.25) is 9.59 Å². The molecular weight excluding hydrogens is 368 g/mol. The van der Waals surface area contributed by atoms with E-state index in [0.717, 1.165) is 12.1 Å². The van der Waals surface area contributed by atoms with Gasteiger partial charge in [-0.2, -0.15) is 0 Å². The molecule has 2 amide bonds. The fourth-order valence-corrected chi connectivity index (χ4v) is 3.38. The summed E-state index contributed by atoms with van der Waals surface area (Å²) in [4.78, 5) is 37.1. The van der Waals surface area contributed by atoms with Crippen LogP contribution in [0.25, 0.3) is 0 Å². The SMILES string of the molecule is O=C(Nc1ccc(F)c(F)c1)C1CC1C(=O)N1CCN(c2ncccn2)CC1. The maximum Gasteiger partial charge on any atom is 0.228 e. The van der Waals surface area contributed by atoms with E-state index in [1.165, 1.54) is 6.07 Å². The number of nitrogens with one attached hydrogen (secondary N) is 1. The zero-order valence-electron chi connectivity index (χ0n) is 15.0. The second-order valence-electron chi connectivity index (χ2n) is 6.93. The lowest BCUT2D eigenvalue weighted by molar-refractivity contribution is -0.134. The molecule has 0 bridgehead atoms. The molecule has 2 atom stereocenters. The van der Waals surface area contributed by atoms with E-state index in [9.17, 15) is 18.4 Å². The number of amides is 2. The van der Waals surface area contributed by atoms with Gasteiger partial charge in [0.1, 0.15) is 0 Å². The highest BCUT2D eigenvalue weighted by Crippen LogP contribution is 2.41. The number of nitrogens with zero attached hydrogens (tertiary/aromatic N) is 4. The first-order valence-corrected chi connectivity index (χ1v) is 9.09. The minimum atomic E-state index is -1.03. The summed E-state index contributed by atoms with van der Waals surface area (Å²) in [5.74, 6) is -2.54. The molecule has 1 aliphatic heterocycles. The summed E-state index contributed by atoms with van der Waals surface area (Å²) in [7, 11) is 0. The lowest BCUT2D eigenvalue weighted by atomic mass is 10.2. The van der Waals surface area contributed by atoms with Crippen molar-refractivity contribution < 1.29 is 18.4 Å². The van der Waals surface area contributed by atoms with Crippen LogP contribution in [0.3, 0.4) is 0 Å². The van der Waals surface area contributed by atoms with E-state index in [4.69, 9.17) is 0 Å². The van der Waals surface area contributed by atoms with Gasteiger partial charge in [-0.05, 0) is 24.6 Å². The van der Waals surface area contributed by atoms with Crippen LogP contribution in [0.15, 0.2) is 36.7 Å². The highest BCUT2D eigenvalue weighted by molar-refractivity contribution is 5.99. The molecule has 1 saturated heterocycles. The smallest absolute Gasteiger partial charge is 0.228 e. The quantitative estimate of drug-likeness (QED) is 0.864. The average Bonchev–Trinajstić information content (AvgIpc) is 3.52. The van der Waals surface area contributed by atoms with Gasteiger partial charge in [-0.1, -0.05) is 0 Å². The van der Waals surface area contributed by atoms with Gasteiger partial charge < -0.3 is 15.1 Å². The van der Waals surface area contributed by atoms with E-state index < -0.39 is 17.6 Å². The largest absolute Gasteiger partial charge is 0.339 e. The first kappa shape index (κ1) is 18.3. The van der Waals surface area contributed by atoms with E-state index in [1.807, 2.05) is 4.90 Å². The molecule has 28 heavy (non-hydrogen) atoms. The zero-order chi connectivity index (χ0) is 19.7. The van der Waals surface area contributed by atoms with E-state index in [-0.39, 0.29) is 23.4 Å². The minimum absolute atomic E-state index is 0.0425. The van der Waals surface area contributed by atoms with Crippen molar-refractivity contribution in [2.75, 3.05) is 36.4 Å². The van der Waals surface area contributed by atoms with Crippen molar-refractivity contribution in [1.82, 2.24) is 14.9 Å². The first-order valence-electron chi connectivity index (χ1n) is 9.09. The molecule has 0 radical (unpaired) electrons. The van der Waals surface area contributed by atoms with Crippen LogP contribution < -0.4 is 10.2 Å². The molecule has 1 aliphatic carbocycles. The predicted molar refractivity (Wildman–Crippen MR) is 97.4 cm³/mol. The van der Waals surface area contributed by atoms with E-state index >= 15 is 0 Å². The number of carbonyl (C=O) groups is 2. The Hall–Kier alpha value is -3.10. The lowest BCUT2D eigenvalue weighted by Gasteiger charge is -2.34. The van der Waals surface area contributed by atoms with Crippen LogP contribution >= 0.6 is 0 Å². The normalized spacial score (nSPS) is 21.4. The maximum absolute atomic E-state index is 13.2. The van der Waals surface area contributed by atoms with Crippen molar-refractivity contribution in [1.29, 1.82) is 0 Å². The molecule has 146 valence electrons. The summed E-state index contributed by atoms with van der Waals surface area (Å²) in [6, 6.07) is 4.93. The highest BCUT2D eigenvalue weighted by atomic mass is 19.2. The van der Waals surface area contributed by atoms with Gasteiger partial charge in [0.25, 0.3) is 0 Å². The Balaban J connectivity index is 1.28. The summed E-state index contributed by atoms with van der Waals surface area (Å²) in [5.41, 5.74) is 0.179. The van der Waals surface area contributed by atoms with E-state index in [0.29, 0.717) is 38.5 Å². The number of hydrogen-bond donors (Lipinski definition) is 1. The molecular formula is C19H19F2N5O2. The van der Waals surface area contributed by atoms with Crippen molar-refractivity contribution >= 4 is 23.5 Å². The molecule has 1 saturated carbocycles. The standard InChI is InChI=1S/C19H19F2N5O2/c20-15-3-2-12(10-16(15)21)24-17(27)13-11-14(13)18(28)25-6-8-26(9-7-25)19-22-4-1-5-23-19/h1-5,10,13-14H,6-9,11H2,(H,24,27). The zero-order valence-corrected chi connectivity index (χ0v) is 15.0. The molecule has 2 fully saturated rings. The molecule has 2 aromatic rings.